The van der Waals surface area contributed by atoms with Crippen molar-refractivity contribution in [1.82, 2.24) is 0 Å². The monoisotopic (exact) mass is 453 g/mol. The number of hydrogen-bond acceptors (Lipinski definition) is 4. The van der Waals surface area contributed by atoms with E-state index in [9.17, 15) is 4.79 Å². The lowest BCUT2D eigenvalue weighted by Gasteiger charge is -2.16. The quantitative estimate of drug-likeness (QED) is 0.635. The summed E-state index contributed by atoms with van der Waals surface area (Å²) in [6, 6.07) is 12.4. The average Bonchev–Trinajstić information content (AvgIpc) is 3.17. The Morgan fingerprint density at radius 2 is 2.11 bits per heavy atom. The molecule has 1 fully saturated rings. The van der Waals surface area contributed by atoms with Gasteiger partial charge in [0.25, 0.3) is 5.91 Å². The summed E-state index contributed by atoms with van der Waals surface area (Å²) in [4.78, 5) is 12.4. The van der Waals surface area contributed by atoms with Gasteiger partial charge < -0.3 is 19.5 Å². The lowest BCUT2D eigenvalue weighted by Crippen LogP contribution is -2.30. The number of carbonyl (C=O) groups is 1. The molecule has 2 aromatic rings. The molecule has 27 heavy (non-hydrogen) atoms. The van der Waals surface area contributed by atoms with Gasteiger partial charge in [0, 0.05) is 17.3 Å². The lowest BCUT2D eigenvalue weighted by atomic mass is 10.2. The molecule has 2 unspecified atom stereocenters. The molecule has 0 radical (unpaired) electrons. The molecule has 3 rings (SSSR count). The number of hydrogen-bond donors (Lipinski definition) is 1. The topological polar surface area (TPSA) is 56.8 Å². The van der Waals surface area contributed by atoms with E-state index in [1.165, 1.54) is 0 Å². The van der Waals surface area contributed by atoms with Gasteiger partial charge in [-0.15, -0.1) is 0 Å². The van der Waals surface area contributed by atoms with E-state index in [0.29, 0.717) is 27.5 Å². The molecule has 0 aliphatic carbocycles. The van der Waals surface area contributed by atoms with Gasteiger partial charge >= 0.3 is 0 Å². The van der Waals surface area contributed by atoms with Crippen molar-refractivity contribution in [2.24, 2.45) is 0 Å². The van der Waals surface area contributed by atoms with Crippen LogP contribution in [0.2, 0.25) is 5.02 Å². The highest BCUT2D eigenvalue weighted by atomic mass is 79.9. The summed E-state index contributed by atoms with van der Waals surface area (Å²) in [6.45, 7) is 3.05. The van der Waals surface area contributed by atoms with Gasteiger partial charge in [0.05, 0.1) is 10.6 Å². The smallest absolute Gasteiger partial charge is 0.265 e. The van der Waals surface area contributed by atoms with Crippen LogP contribution in [0, 0.1) is 0 Å². The van der Waals surface area contributed by atoms with Crippen molar-refractivity contribution in [2.45, 2.75) is 32.0 Å². The van der Waals surface area contributed by atoms with Crippen LogP contribution in [-0.4, -0.2) is 31.3 Å². The number of anilines is 1. The fourth-order valence-corrected chi connectivity index (χ4v) is 3.43. The maximum absolute atomic E-state index is 12.4. The summed E-state index contributed by atoms with van der Waals surface area (Å²) in [5.74, 6) is 1.06. The van der Waals surface area contributed by atoms with E-state index in [4.69, 9.17) is 25.8 Å². The van der Waals surface area contributed by atoms with Crippen molar-refractivity contribution in [3.05, 3.63) is 52.0 Å². The number of amides is 1. The maximum atomic E-state index is 12.4. The van der Waals surface area contributed by atoms with Crippen molar-refractivity contribution in [3.8, 4) is 11.5 Å². The third kappa shape index (κ3) is 5.86. The van der Waals surface area contributed by atoms with E-state index in [2.05, 4.69) is 21.2 Å². The molecule has 1 amide bonds. The summed E-state index contributed by atoms with van der Waals surface area (Å²) >= 11 is 9.29. The van der Waals surface area contributed by atoms with Crippen LogP contribution in [0.1, 0.15) is 19.8 Å². The van der Waals surface area contributed by atoms with Gasteiger partial charge in [-0.1, -0.05) is 11.6 Å². The molecule has 2 atom stereocenters. The van der Waals surface area contributed by atoms with Crippen LogP contribution in [0.4, 0.5) is 5.69 Å². The zero-order chi connectivity index (χ0) is 19.2. The summed E-state index contributed by atoms with van der Waals surface area (Å²) in [5.41, 5.74) is 0.676. The minimum Gasteiger partial charge on any atom is -0.491 e. The normalized spacial score (nSPS) is 17.4. The highest BCUT2D eigenvalue weighted by Crippen LogP contribution is 2.29. The molecule has 0 bridgehead atoms. The molecule has 0 saturated carbocycles. The van der Waals surface area contributed by atoms with Crippen LogP contribution < -0.4 is 14.8 Å². The highest BCUT2D eigenvalue weighted by Gasteiger charge is 2.17. The second-order valence-electron chi connectivity index (χ2n) is 6.29. The molecule has 7 heteroatoms. The first-order valence-corrected chi connectivity index (χ1v) is 9.95. The summed E-state index contributed by atoms with van der Waals surface area (Å²) < 4.78 is 17.6. The molecule has 5 nitrogen and oxygen atoms in total. The van der Waals surface area contributed by atoms with Crippen molar-refractivity contribution in [2.75, 3.05) is 18.5 Å². The predicted molar refractivity (Wildman–Crippen MR) is 109 cm³/mol. The van der Waals surface area contributed by atoms with Gasteiger partial charge in [0.1, 0.15) is 18.1 Å². The second kappa shape index (κ2) is 9.44. The molecule has 1 N–H and O–H groups in total. The number of carbonyl (C=O) groups excluding carboxylic acids is 1. The Bertz CT molecular complexity index is 778. The third-order valence-electron chi connectivity index (χ3n) is 4.15. The minimum atomic E-state index is -0.669. The molecule has 1 aliphatic heterocycles. The Morgan fingerprint density at radius 3 is 2.78 bits per heavy atom. The first kappa shape index (κ1) is 20.0. The number of nitrogens with one attached hydrogen (secondary N) is 1. The Labute approximate surface area is 172 Å². The minimum absolute atomic E-state index is 0.176. The van der Waals surface area contributed by atoms with Crippen LogP contribution in [0.15, 0.2) is 46.9 Å². The molecule has 1 heterocycles. The molecular weight excluding hydrogens is 434 g/mol. The average molecular weight is 455 g/mol. The molecule has 1 aliphatic rings. The SMILES string of the molecule is CC(Oc1ccc(Cl)cc1Br)C(=O)Nc1ccc(OCC2CCCO2)cc1. The van der Waals surface area contributed by atoms with Gasteiger partial charge in [-0.05, 0) is 78.2 Å². The van der Waals surface area contributed by atoms with Crippen LogP contribution in [0.25, 0.3) is 0 Å². The first-order chi connectivity index (χ1) is 13.0. The van der Waals surface area contributed by atoms with E-state index in [1.807, 2.05) is 12.1 Å². The van der Waals surface area contributed by atoms with Crippen molar-refractivity contribution >= 4 is 39.1 Å². The van der Waals surface area contributed by atoms with E-state index in [1.54, 1.807) is 37.3 Å². The summed E-state index contributed by atoms with van der Waals surface area (Å²) in [7, 11) is 0. The van der Waals surface area contributed by atoms with Gasteiger partial charge in [-0.3, -0.25) is 4.79 Å². The lowest BCUT2D eigenvalue weighted by molar-refractivity contribution is -0.122. The molecule has 0 aromatic heterocycles. The van der Waals surface area contributed by atoms with Crippen molar-refractivity contribution < 1.29 is 19.0 Å². The van der Waals surface area contributed by atoms with Gasteiger partial charge in [-0.25, -0.2) is 0 Å². The Morgan fingerprint density at radius 1 is 1.33 bits per heavy atom. The van der Waals surface area contributed by atoms with E-state index >= 15 is 0 Å². The van der Waals surface area contributed by atoms with E-state index in [-0.39, 0.29) is 12.0 Å². The fourth-order valence-electron chi connectivity index (χ4n) is 2.66. The molecule has 2 aromatic carbocycles. The second-order valence-corrected chi connectivity index (χ2v) is 7.59. The highest BCUT2D eigenvalue weighted by molar-refractivity contribution is 9.10. The Kier molecular flexibility index (Phi) is 6.99. The molecule has 0 spiro atoms. The maximum Gasteiger partial charge on any atom is 0.265 e. The fraction of sp³-hybridized carbons (Fsp3) is 0.350. The number of rotatable bonds is 7. The Hall–Kier alpha value is -1.76. The van der Waals surface area contributed by atoms with Crippen molar-refractivity contribution in [1.29, 1.82) is 0 Å². The molecule has 1 saturated heterocycles. The van der Waals surface area contributed by atoms with Crippen LogP contribution in [0.5, 0.6) is 11.5 Å². The predicted octanol–water partition coefficient (Wildman–Crippen LogP) is 5.07. The van der Waals surface area contributed by atoms with E-state index in [0.717, 1.165) is 25.2 Å². The Balaban J connectivity index is 1.50. The number of benzene rings is 2. The van der Waals surface area contributed by atoms with Crippen LogP contribution in [0.3, 0.4) is 0 Å². The number of halogens is 2. The summed E-state index contributed by atoms with van der Waals surface area (Å²) in [6.07, 6.45) is 1.63. The van der Waals surface area contributed by atoms with Gasteiger partial charge in [-0.2, -0.15) is 0 Å². The molecule has 144 valence electrons. The zero-order valence-corrected chi connectivity index (χ0v) is 17.3. The van der Waals surface area contributed by atoms with Crippen LogP contribution in [-0.2, 0) is 9.53 Å². The van der Waals surface area contributed by atoms with Gasteiger partial charge in [0.15, 0.2) is 6.10 Å². The largest absolute Gasteiger partial charge is 0.491 e. The standard InChI is InChI=1S/C20H21BrClNO4/c1-13(27-19-9-4-14(22)11-18(19)21)20(24)23-15-5-7-16(8-6-15)26-12-17-3-2-10-25-17/h4-9,11,13,17H,2-3,10,12H2,1H3,(H,23,24). The first-order valence-electron chi connectivity index (χ1n) is 8.78. The van der Waals surface area contributed by atoms with Gasteiger partial charge in [0.2, 0.25) is 0 Å². The third-order valence-corrected chi connectivity index (χ3v) is 5.00. The van der Waals surface area contributed by atoms with Crippen molar-refractivity contribution in [3.63, 3.8) is 0 Å². The molecular formula is C20H21BrClNO4. The van der Waals surface area contributed by atoms with E-state index < -0.39 is 6.10 Å². The summed E-state index contributed by atoms with van der Waals surface area (Å²) in [5, 5.41) is 3.42. The zero-order valence-electron chi connectivity index (χ0n) is 14.9. The number of ether oxygens (including phenoxy) is 3. The van der Waals surface area contributed by atoms with Crippen LogP contribution >= 0.6 is 27.5 Å².